The van der Waals surface area contributed by atoms with Crippen LogP contribution >= 0.6 is 0 Å². The third-order valence-electron chi connectivity index (χ3n) is 10.8. The molecule has 2 saturated heterocycles. The third kappa shape index (κ3) is 8.91. The Labute approximate surface area is 299 Å². The van der Waals surface area contributed by atoms with Crippen molar-refractivity contribution in [1.29, 1.82) is 0 Å². The zero-order valence-corrected chi connectivity index (χ0v) is 30.0. The Morgan fingerprint density at radius 2 is 1.67 bits per heavy atom. The Morgan fingerprint density at radius 3 is 2.35 bits per heavy atom. The molecular weight excluding hydrogens is 652 g/mol. The summed E-state index contributed by atoms with van der Waals surface area (Å²) in [5.74, 6) is -0.391. The molecule has 1 aromatic carbocycles. The molecule has 2 N–H and O–H groups in total. The highest BCUT2D eigenvalue weighted by Crippen LogP contribution is 2.32. The van der Waals surface area contributed by atoms with Crippen molar-refractivity contribution in [2.75, 3.05) is 45.9 Å². The van der Waals surface area contributed by atoms with Crippen LogP contribution in [-0.4, -0.2) is 113 Å². The first-order chi connectivity index (χ1) is 24.7. The highest BCUT2D eigenvalue weighted by molar-refractivity contribution is 5.99. The van der Waals surface area contributed by atoms with Gasteiger partial charge in [-0.2, -0.15) is 0 Å². The Morgan fingerprint density at radius 1 is 0.922 bits per heavy atom. The van der Waals surface area contributed by atoms with Crippen LogP contribution in [0.15, 0.2) is 24.3 Å². The number of ether oxygens (including phenoxy) is 2. The predicted octanol–water partition coefficient (Wildman–Crippen LogP) is 3.95. The molecule has 2 aliphatic carbocycles. The molecule has 6 rings (SSSR count). The summed E-state index contributed by atoms with van der Waals surface area (Å²) in [7, 11) is 0. The molecule has 4 fully saturated rings. The third-order valence-corrected chi connectivity index (χ3v) is 10.8. The maximum absolute atomic E-state index is 13.9. The maximum atomic E-state index is 13.9. The van der Waals surface area contributed by atoms with Gasteiger partial charge in [-0.05, 0) is 75.5 Å². The molecule has 1 aromatic heterocycles. The number of unbranched alkanes of at least 4 members (excludes halogenated alkanes) is 1. The molecule has 2 atom stereocenters. The molecule has 51 heavy (non-hydrogen) atoms. The van der Waals surface area contributed by atoms with Crippen molar-refractivity contribution >= 4 is 40.6 Å². The standard InChI is InChI=1S/C38H52N6O7/c1-3-4-20-50-38(49)43-18-16-42(17-19-43)37(48)31(22-26-8-5-9-26)41-35(46)30-23-33(28-14-13-25(2)21-29(28)40-30)51-24-34(45)44-15-7-12-32(44)36(47)39-27-10-6-11-27/h13-14,21,23,26-27,31-32H,3-12,15-20,22,24H2,1-2H3,(H,39,47)(H,41,46)/t31-,32-/m0/s1. The van der Waals surface area contributed by atoms with E-state index in [1.54, 1.807) is 14.7 Å². The smallest absolute Gasteiger partial charge is 0.409 e. The molecule has 0 radical (unpaired) electrons. The van der Waals surface area contributed by atoms with Crippen LogP contribution in [0.5, 0.6) is 5.75 Å². The molecule has 276 valence electrons. The normalized spacial score (nSPS) is 20.0. The van der Waals surface area contributed by atoms with Gasteiger partial charge in [0.25, 0.3) is 11.8 Å². The van der Waals surface area contributed by atoms with E-state index in [9.17, 15) is 24.0 Å². The fourth-order valence-corrected chi connectivity index (χ4v) is 7.19. The second kappa shape index (κ2) is 16.7. The highest BCUT2D eigenvalue weighted by Gasteiger charge is 2.37. The monoisotopic (exact) mass is 704 g/mol. The Balaban J connectivity index is 1.13. The summed E-state index contributed by atoms with van der Waals surface area (Å²) in [5.41, 5.74) is 1.56. The van der Waals surface area contributed by atoms with E-state index < -0.39 is 18.0 Å². The molecule has 0 spiro atoms. The minimum atomic E-state index is -0.745. The topological polar surface area (TPSA) is 150 Å². The second-order valence-corrected chi connectivity index (χ2v) is 14.5. The molecule has 4 aliphatic rings. The van der Waals surface area contributed by atoms with Crippen LogP contribution in [0.1, 0.15) is 93.6 Å². The summed E-state index contributed by atoms with van der Waals surface area (Å²) in [6.45, 7) is 6.01. The number of fused-ring (bicyclic) bond motifs is 1. The summed E-state index contributed by atoms with van der Waals surface area (Å²) in [5, 5.41) is 6.71. The number of hydrogen-bond acceptors (Lipinski definition) is 8. The minimum Gasteiger partial charge on any atom is -0.483 e. The Bertz CT molecular complexity index is 1600. The fourth-order valence-electron chi connectivity index (χ4n) is 7.19. The lowest BCUT2D eigenvalue weighted by molar-refractivity contribution is -0.140. The van der Waals surface area contributed by atoms with Crippen LogP contribution in [-0.2, 0) is 19.1 Å². The van der Waals surface area contributed by atoms with Crippen molar-refractivity contribution < 1.29 is 33.4 Å². The number of benzene rings is 1. The summed E-state index contributed by atoms with van der Waals surface area (Å²) in [6.07, 6.45) is 9.47. The number of piperazine rings is 1. The van der Waals surface area contributed by atoms with Crippen LogP contribution in [0.4, 0.5) is 4.79 Å². The first-order valence-electron chi connectivity index (χ1n) is 18.9. The lowest BCUT2D eigenvalue weighted by Crippen LogP contribution is -2.56. The number of carbonyl (C=O) groups excluding carboxylic acids is 5. The number of likely N-dealkylation sites (tertiary alicyclic amines) is 1. The zero-order chi connectivity index (χ0) is 35.9. The maximum Gasteiger partial charge on any atom is 0.409 e. The van der Waals surface area contributed by atoms with Crippen molar-refractivity contribution in [3.63, 3.8) is 0 Å². The van der Waals surface area contributed by atoms with Crippen molar-refractivity contribution in [1.82, 2.24) is 30.3 Å². The molecule has 5 amide bonds. The molecule has 0 bridgehead atoms. The number of aryl methyl sites for hydroxylation is 1. The van der Waals surface area contributed by atoms with E-state index in [4.69, 9.17) is 9.47 Å². The average Bonchev–Trinajstić information content (AvgIpc) is 3.59. The van der Waals surface area contributed by atoms with Crippen LogP contribution < -0.4 is 15.4 Å². The van der Waals surface area contributed by atoms with Crippen LogP contribution in [0.3, 0.4) is 0 Å². The van der Waals surface area contributed by atoms with Gasteiger partial charge in [-0.3, -0.25) is 19.2 Å². The summed E-state index contributed by atoms with van der Waals surface area (Å²) >= 11 is 0. The largest absolute Gasteiger partial charge is 0.483 e. The Kier molecular flexibility index (Phi) is 11.9. The molecule has 13 heteroatoms. The summed E-state index contributed by atoms with van der Waals surface area (Å²) < 4.78 is 11.5. The number of rotatable bonds is 13. The van der Waals surface area contributed by atoms with Crippen molar-refractivity contribution in [3.05, 3.63) is 35.5 Å². The second-order valence-electron chi connectivity index (χ2n) is 14.5. The van der Waals surface area contributed by atoms with Crippen molar-refractivity contribution in [2.45, 2.75) is 103 Å². The van der Waals surface area contributed by atoms with Gasteiger partial charge in [0.05, 0.1) is 12.1 Å². The van der Waals surface area contributed by atoms with E-state index in [2.05, 4.69) is 15.6 Å². The molecule has 2 aliphatic heterocycles. The number of aromatic nitrogens is 1. The molecule has 0 unspecified atom stereocenters. The van der Waals surface area contributed by atoms with Gasteiger partial charge >= 0.3 is 6.09 Å². The molecule has 2 saturated carbocycles. The number of pyridine rings is 1. The lowest BCUT2D eigenvalue weighted by Gasteiger charge is -2.37. The predicted molar refractivity (Wildman–Crippen MR) is 190 cm³/mol. The van der Waals surface area contributed by atoms with E-state index in [1.165, 1.54) is 6.07 Å². The van der Waals surface area contributed by atoms with E-state index in [-0.39, 0.29) is 42.2 Å². The van der Waals surface area contributed by atoms with E-state index in [1.807, 2.05) is 32.0 Å². The number of amides is 5. The van der Waals surface area contributed by atoms with E-state index in [0.29, 0.717) is 74.7 Å². The van der Waals surface area contributed by atoms with Gasteiger partial charge < -0.3 is 34.8 Å². The first kappa shape index (κ1) is 36.4. The van der Waals surface area contributed by atoms with Crippen LogP contribution in [0.2, 0.25) is 0 Å². The van der Waals surface area contributed by atoms with E-state index >= 15 is 0 Å². The van der Waals surface area contributed by atoms with Crippen molar-refractivity contribution in [2.24, 2.45) is 5.92 Å². The molecule has 13 nitrogen and oxygen atoms in total. The number of hydrogen-bond donors (Lipinski definition) is 2. The van der Waals surface area contributed by atoms with Gasteiger partial charge in [0.2, 0.25) is 11.8 Å². The van der Waals surface area contributed by atoms with Crippen molar-refractivity contribution in [3.8, 4) is 5.75 Å². The van der Waals surface area contributed by atoms with Gasteiger partial charge in [0.15, 0.2) is 6.61 Å². The van der Waals surface area contributed by atoms with Crippen LogP contribution in [0, 0.1) is 12.8 Å². The fraction of sp³-hybridized carbons (Fsp3) is 0.632. The summed E-state index contributed by atoms with van der Waals surface area (Å²) in [6, 6.07) is 6.09. The zero-order valence-electron chi connectivity index (χ0n) is 30.0. The lowest BCUT2D eigenvalue weighted by atomic mass is 9.80. The first-order valence-corrected chi connectivity index (χ1v) is 18.9. The minimum absolute atomic E-state index is 0.0838. The Hall–Kier alpha value is -4.42. The van der Waals surface area contributed by atoms with Gasteiger partial charge in [0.1, 0.15) is 23.5 Å². The summed E-state index contributed by atoms with van der Waals surface area (Å²) in [4.78, 5) is 76.1. The van der Waals surface area contributed by atoms with Gasteiger partial charge in [-0.25, -0.2) is 9.78 Å². The molecule has 2 aromatic rings. The number of carbonyl (C=O) groups is 5. The quantitative estimate of drug-likeness (QED) is 0.298. The highest BCUT2D eigenvalue weighted by atomic mass is 16.6. The van der Waals surface area contributed by atoms with Gasteiger partial charge in [-0.15, -0.1) is 0 Å². The van der Waals surface area contributed by atoms with E-state index in [0.717, 1.165) is 63.4 Å². The average molecular weight is 705 g/mol. The van der Waals surface area contributed by atoms with Crippen LogP contribution in [0.25, 0.3) is 10.9 Å². The number of nitrogens with one attached hydrogen (secondary N) is 2. The van der Waals surface area contributed by atoms with Gasteiger partial charge in [-0.1, -0.05) is 38.7 Å². The van der Waals surface area contributed by atoms with Gasteiger partial charge in [0, 0.05) is 50.2 Å². The molecular formula is C38H52N6O7. The SMILES string of the molecule is CCCCOC(=O)N1CCN(C(=O)[C@H](CC2CCC2)NC(=O)c2cc(OCC(=O)N3CCC[C@H]3C(=O)NC3CCC3)c3ccc(C)cc3n2)CC1. The number of nitrogens with zero attached hydrogens (tertiary/aromatic N) is 4. The molecule has 3 heterocycles.